The number of anilines is 2. The molecule has 0 radical (unpaired) electrons. The van der Waals surface area contributed by atoms with Crippen molar-refractivity contribution in [1.29, 1.82) is 0 Å². The molecule has 7 heteroatoms. The molecule has 3 rings (SSSR count). The van der Waals surface area contributed by atoms with Gasteiger partial charge in [0.25, 0.3) is 15.9 Å². The average Bonchev–Trinajstić information content (AvgIpc) is 2.74. The molecule has 1 atom stereocenters. The zero-order chi connectivity index (χ0) is 23.5. The summed E-state index contributed by atoms with van der Waals surface area (Å²) >= 11 is 0. The van der Waals surface area contributed by atoms with Crippen LogP contribution >= 0.6 is 0 Å². The highest BCUT2D eigenvalue weighted by Crippen LogP contribution is 2.23. The normalized spacial score (nSPS) is 12.2. The first kappa shape index (κ1) is 23.3. The van der Waals surface area contributed by atoms with E-state index < -0.39 is 16.1 Å². The van der Waals surface area contributed by atoms with E-state index >= 15 is 0 Å². The van der Waals surface area contributed by atoms with Crippen molar-refractivity contribution in [3.05, 3.63) is 82.9 Å². The van der Waals surface area contributed by atoms with E-state index in [1.165, 1.54) is 12.1 Å². The Balaban J connectivity index is 1.66. The number of benzene rings is 3. The molecular weight excluding hydrogens is 424 g/mol. The molecule has 0 unspecified atom stereocenters. The Hall–Kier alpha value is -3.32. The van der Waals surface area contributed by atoms with Gasteiger partial charge in [-0.2, -0.15) is 0 Å². The van der Waals surface area contributed by atoms with Gasteiger partial charge in [0.05, 0.1) is 4.90 Å². The van der Waals surface area contributed by atoms with Crippen LogP contribution in [0.5, 0.6) is 5.75 Å². The minimum atomic E-state index is -3.74. The third kappa shape index (κ3) is 5.48. The SMILES string of the molecule is Cc1ccc(NS(=O)(=O)c2ccc(NC(=O)[C@@H](C)Oc3cccc(C)c3C)cc2)cc1C. The maximum atomic E-state index is 12.7. The lowest BCUT2D eigenvalue weighted by Crippen LogP contribution is -2.30. The number of rotatable bonds is 7. The molecule has 0 saturated carbocycles. The van der Waals surface area contributed by atoms with Crippen molar-refractivity contribution in [2.45, 2.75) is 45.6 Å². The van der Waals surface area contributed by atoms with Gasteiger partial charge in [-0.3, -0.25) is 9.52 Å². The first-order chi connectivity index (χ1) is 15.1. The van der Waals surface area contributed by atoms with E-state index in [1.54, 1.807) is 31.2 Å². The summed E-state index contributed by atoms with van der Waals surface area (Å²) in [5.41, 5.74) is 5.14. The Kier molecular flexibility index (Phi) is 6.89. The molecule has 0 aromatic heterocycles. The average molecular weight is 453 g/mol. The van der Waals surface area contributed by atoms with Gasteiger partial charge in [0.1, 0.15) is 5.75 Å². The quantitative estimate of drug-likeness (QED) is 0.521. The molecule has 0 bridgehead atoms. The summed E-state index contributed by atoms with van der Waals surface area (Å²) in [6.45, 7) is 9.49. The second-order valence-electron chi connectivity index (χ2n) is 7.88. The van der Waals surface area contributed by atoms with Gasteiger partial charge < -0.3 is 10.1 Å². The highest BCUT2D eigenvalue weighted by Gasteiger charge is 2.18. The van der Waals surface area contributed by atoms with Crippen molar-refractivity contribution < 1.29 is 17.9 Å². The van der Waals surface area contributed by atoms with E-state index in [9.17, 15) is 13.2 Å². The number of ether oxygens (including phenoxy) is 1. The van der Waals surface area contributed by atoms with Crippen molar-refractivity contribution in [1.82, 2.24) is 0 Å². The number of amides is 1. The van der Waals surface area contributed by atoms with Crippen molar-refractivity contribution in [2.75, 3.05) is 10.0 Å². The van der Waals surface area contributed by atoms with Gasteiger partial charge in [-0.25, -0.2) is 8.42 Å². The van der Waals surface area contributed by atoms with Crippen LogP contribution in [0.25, 0.3) is 0 Å². The number of carbonyl (C=O) groups is 1. The Morgan fingerprint density at radius 3 is 2.16 bits per heavy atom. The first-order valence-electron chi connectivity index (χ1n) is 10.3. The lowest BCUT2D eigenvalue weighted by molar-refractivity contribution is -0.122. The van der Waals surface area contributed by atoms with Crippen LogP contribution in [-0.2, 0) is 14.8 Å². The highest BCUT2D eigenvalue weighted by molar-refractivity contribution is 7.92. The topological polar surface area (TPSA) is 84.5 Å². The van der Waals surface area contributed by atoms with Crippen LogP contribution in [0.4, 0.5) is 11.4 Å². The molecule has 0 saturated heterocycles. The van der Waals surface area contributed by atoms with Crippen molar-refractivity contribution in [2.24, 2.45) is 0 Å². The van der Waals surface area contributed by atoms with E-state index in [4.69, 9.17) is 4.74 Å². The highest BCUT2D eigenvalue weighted by atomic mass is 32.2. The first-order valence-corrected chi connectivity index (χ1v) is 11.8. The molecule has 3 aromatic rings. The fraction of sp³-hybridized carbons (Fsp3) is 0.240. The van der Waals surface area contributed by atoms with Crippen LogP contribution < -0.4 is 14.8 Å². The smallest absolute Gasteiger partial charge is 0.265 e. The zero-order valence-corrected chi connectivity index (χ0v) is 19.7. The molecule has 3 aromatic carbocycles. The van der Waals surface area contributed by atoms with Gasteiger partial charge in [-0.1, -0.05) is 18.2 Å². The molecule has 168 valence electrons. The Labute approximate surface area is 189 Å². The molecule has 0 aliphatic rings. The molecule has 0 heterocycles. The minimum absolute atomic E-state index is 0.105. The molecule has 6 nitrogen and oxygen atoms in total. The number of hydrogen-bond donors (Lipinski definition) is 2. The molecule has 1 amide bonds. The van der Waals surface area contributed by atoms with Crippen molar-refractivity contribution in [3.63, 3.8) is 0 Å². The summed E-state index contributed by atoms with van der Waals surface area (Å²) in [6, 6.07) is 17.1. The molecule has 0 fully saturated rings. The van der Waals surface area contributed by atoms with E-state index in [1.807, 2.05) is 52.0 Å². The van der Waals surface area contributed by atoms with Gasteiger partial charge in [0.15, 0.2) is 6.10 Å². The fourth-order valence-electron chi connectivity index (χ4n) is 3.08. The van der Waals surface area contributed by atoms with Crippen LogP contribution in [-0.4, -0.2) is 20.4 Å². The summed E-state index contributed by atoms with van der Waals surface area (Å²) in [5, 5.41) is 2.76. The van der Waals surface area contributed by atoms with Gasteiger partial charge in [0, 0.05) is 11.4 Å². The maximum Gasteiger partial charge on any atom is 0.265 e. The predicted molar refractivity (Wildman–Crippen MR) is 128 cm³/mol. The second-order valence-corrected chi connectivity index (χ2v) is 9.56. The molecule has 0 spiro atoms. The monoisotopic (exact) mass is 452 g/mol. The summed E-state index contributed by atoms with van der Waals surface area (Å²) in [5.74, 6) is 0.335. The van der Waals surface area contributed by atoms with Crippen LogP contribution in [0.2, 0.25) is 0 Å². The molecule has 32 heavy (non-hydrogen) atoms. The van der Waals surface area contributed by atoms with Crippen molar-refractivity contribution >= 4 is 27.3 Å². The molecule has 0 aliphatic heterocycles. The minimum Gasteiger partial charge on any atom is -0.481 e. The number of carbonyl (C=O) groups excluding carboxylic acids is 1. The van der Waals surface area contributed by atoms with E-state index in [0.717, 1.165) is 22.3 Å². The van der Waals surface area contributed by atoms with Crippen LogP contribution in [0.15, 0.2) is 65.6 Å². The van der Waals surface area contributed by atoms with E-state index in [-0.39, 0.29) is 10.8 Å². The van der Waals surface area contributed by atoms with Gasteiger partial charge in [0.2, 0.25) is 0 Å². The molecule has 0 aliphatic carbocycles. The molecule has 2 N–H and O–H groups in total. The second kappa shape index (κ2) is 9.44. The number of aryl methyl sites for hydroxylation is 3. The number of sulfonamides is 1. The largest absolute Gasteiger partial charge is 0.481 e. The lowest BCUT2D eigenvalue weighted by Gasteiger charge is -2.17. The van der Waals surface area contributed by atoms with Gasteiger partial charge >= 0.3 is 0 Å². The van der Waals surface area contributed by atoms with E-state index in [2.05, 4.69) is 10.0 Å². The fourth-order valence-corrected chi connectivity index (χ4v) is 4.13. The third-order valence-corrected chi connectivity index (χ3v) is 6.82. The Morgan fingerprint density at radius 2 is 1.50 bits per heavy atom. The Bertz CT molecular complexity index is 1240. The van der Waals surface area contributed by atoms with Crippen LogP contribution in [0.1, 0.15) is 29.2 Å². The van der Waals surface area contributed by atoms with Gasteiger partial charge in [-0.05, 0) is 99.3 Å². The summed E-state index contributed by atoms with van der Waals surface area (Å²) in [6.07, 6.45) is -0.717. The standard InChI is InChI=1S/C25H28N2O4S/c1-16-9-10-22(15-18(16)3)27-32(29,30)23-13-11-21(12-14-23)26-25(28)20(5)31-24-8-6-7-17(2)19(24)4/h6-15,20,27H,1-5H3,(H,26,28)/t20-/m1/s1. The maximum absolute atomic E-state index is 12.7. The summed E-state index contributed by atoms with van der Waals surface area (Å²) in [7, 11) is -3.74. The lowest BCUT2D eigenvalue weighted by atomic mass is 10.1. The summed E-state index contributed by atoms with van der Waals surface area (Å²) in [4.78, 5) is 12.6. The van der Waals surface area contributed by atoms with Gasteiger partial charge in [-0.15, -0.1) is 0 Å². The predicted octanol–water partition coefficient (Wildman–Crippen LogP) is 5.13. The summed E-state index contributed by atoms with van der Waals surface area (Å²) < 4.78 is 33.8. The third-order valence-electron chi connectivity index (χ3n) is 5.42. The zero-order valence-electron chi connectivity index (χ0n) is 18.9. The van der Waals surface area contributed by atoms with Crippen molar-refractivity contribution in [3.8, 4) is 5.75 Å². The van der Waals surface area contributed by atoms with E-state index in [0.29, 0.717) is 17.1 Å². The van der Waals surface area contributed by atoms with Crippen LogP contribution in [0, 0.1) is 27.7 Å². The number of hydrogen-bond acceptors (Lipinski definition) is 4. The van der Waals surface area contributed by atoms with Crippen LogP contribution in [0.3, 0.4) is 0 Å². The molecular formula is C25H28N2O4S. The number of nitrogens with one attached hydrogen (secondary N) is 2. The Morgan fingerprint density at radius 1 is 0.844 bits per heavy atom.